The number of ether oxygens (including phenoxy) is 1. The number of halogens is 1. The van der Waals surface area contributed by atoms with E-state index in [0.29, 0.717) is 22.6 Å². The maximum absolute atomic E-state index is 10.5. The fourth-order valence-corrected chi connectivity index (χ4v) is 1.05. The Kier molecular flexibility index (Phi) is 3.73. The van der Waals surface area contributed by atoms with Crippen LogP contribution in [-0.4, -0.2) is 24.6 Å². The van der Waals surface area contributed by atoms with Crippen LogP contribution in [-0.2, 0) is 0 Å². The highest BCUT2D eigenvalue weighted by molar-refractivity contribution is 6.30. The zero-order chi connectivity index (χ0) is 9.68. The van der Waals surface area contributed by atoms with Crippen molar-refractivity contribution < 1.29 is 14.6 Å². The molecule has 4 heteroatoms. The molecule has 0 aliphatic carbocycles. The molecule has 0 aromatic heterocycles. The number of carbonyl (C=O) groups excluding carboxylic acids is 1. The lowest BCUT2D eigenvalue weighted by Crippen LogP contribution is -2.03. The maximum atomic E-state index is 10.5. The molecule has 0 bridgehead atoms. The number of aliphatic hydroxyl groups excluding tert-OH is 1. The van der Waals surface area contributed by atoms with Gasteiger partial charge in [0.15, 0.2) is 6.29 Å². The third-order valence-corrected chi connectivity index (χ3v) is 1.69. The molecule has 0 amide bonds. The molecule has 0 aliphatic rings. The summed E-state index contributed by atoms with van der Waals surface area (Å²) in [5, 5.41) is 9.01. The Morgan fingerprint density at radius 3 is 2.92 bits per heavy atom. The molecule has 0 atom stereocenters. The molecular weight excluding hydrogens is 192 g/mol. The average Bonchev–Trinajstić information content (AvgIpc) is 2.15. The normalized spacial score (nSPS) is 9.69. The van der Waals surface area contributed by atoms with E-state index in [1.807, 2.05) is 0 Å². The van der Waals surface area contributed by atoms with Crippen LogP contribution in [0.2, 0.25) is 5.02 Å². The monoisotopic (exact) mass is 200 g/mol. The van der Waals surface area contributed by atoms with Gasteiger partial charge in [-0.05, 0) is 18.2 Å². The minimum Gasteiger partial charge on any atom is -0.490 e. The SMILES string of the molecule is O=Cc1ccc(Cl)cc1OCCO. The number of benzene rings is 1. The van der Waals surface area contributed by atoms with Crippen molar-refractivity contribution in [2.75, 3.05) is 13.2 Å². The summed E-state index contributed by atoms with van der Waals surface area (Å²) in [6, 6.07) is 4.72. The lowest BCUT2D eigenvalue weighted by atomic mass is 10.2. The van der Waals surface area contributed by atoms with E-state index in [1.165, 1.54) is 0 Å². The zero-order valence-electron chi connectivity index (χ0n) is 6.87. The van der Waals surface area contributed by atoms with Crippen LogP contribution in [0.3, 0.4) is 0 Å². The van der Waals surface area contributed by atoms with Crippen LogP contribution < -0.4 is 4.74 Å². The summed E-state index contributed by atoms with van der Waals surface area (Å²) in [6.07, 6.45) is 0.684. The molecule has 1 aromatic carbocycles. The van der Waals surface area contributed by atoms with Crippen LogP contribution in [0, 0.1) is 0 Å². The van der Waals surface area contributed by atoms with E-state index in [4.69, 9.17) is 21.4 Å². The van der Waals surface area contributed by atoms with Gasteiger partial charge in [-0.15, -0.1) is 0 Å². The fourth-order valence-electron chi connectivity index (χ4n) is 0.886. The van der Waals surface area contributed by atoms with Crippen LogP contribution >= 0.6 is 11.6 Å². The number of hydrogen-bond acceptors (Lipinski definition) is 3. The van der Waals surface area contributed by atoms with Crippen LogP contribution in [0.15, 0.2) is 18.2 Å². The maximum Gasteiger partial charge on any atom is 0.153 e. The van der Waals surface area contributed by atoms with Gasteiger partial charge in [0.1, 0.15) is 12.4 Å². The number of rotatable bonds is 4. The van der Waals surface area contributed by atoms with Crippen molar-refractivity contribution in [2.24, 2.45) is 0 Å². The molecule has 0 heterocycles. The Hall–Kier alpha value is -1.06. The first-order valence-electron chi connectivity index (χ1n) is 3.76. The number of aldehydes is 1. The van der Waals surface area contributed by atoms with Crippen molar-refractivity contribution in [3.05, 3.63) is 28.8 Å². The highest BCUT2D eigenvalue weighted by Gasteiger charge is 2.02. The van der Waals surface area contributed by atoms with E-state index in [2.05, 4.69) is 0 Å². The first-order valence-corrected chi connectivity index (χ1v) is 4.14. The summed E-state index contributed by atoms with van der Waals surface area (Å²) in [6.45, 7) is 0.0615. The Bertz CT molecular complexity index is 299. The van der Waals surface area contributed by atoms with Gasteiger partial charge in [0.25, 0.3) is 0 Å². The Morgan fingerprint density at radius 2 is 2.31 bits per heavy atom. The van der Waals surface area contributed by atoms with E-state index in [-0.39, 0.29) is 13.2 Å². The van der Waals surface area contributed by atoms with E-state index in [9.17, 15) is 4.79 Å². The van der Waals surface area contributed by atoms with Crippen LogP contribution in [0.5, 0.6) is 5.75 Å². The molecule has 0 saturated carbocycles. The highest BCUT2D eigenvalue weighted by atomic mass is 35.5. The van der Waals surface area contributed by atoms with Crippen LogP contribution in [0.25, 0.3) is 0 Å². The molecule has 13 heavy (non-hydrogen) atoms. The van der Waals surface area contributed by atoms with E-state index < -0.39 is 0 Å². The predicted molar refractivity (Wildman–Crippen MR) is 49.4 cm³/mol. The molecule has 0 unspecified atom stereocenters. The van der Waals surface area contributed by atoms with Gasteiger partial charge < -0.3 is 9.84 Å². The summed E-state index contributed by atoms with van der Waals surface area (Å²) in [5.74, 6) is 0.400. The lowest BCUT2D eigenvalue weighted by molar-refractivity contribution is 0.111. The summed E-state index contributed by atoms with van der Waals surface area (Å²) in [5.41, 5.74) is 0.429. The average molecular weight is 201 g/mol. The van der Waals surface area contributed by atoms with E-state index >= 15 is 0 Å². The predicted octanol–water partition coefficient (Wildman–Crippen LogP) is 1.52. The Labute approximate surface area is 80.9 Å². The van der Waals surface area contributed by atoms with Crippen molar-refractivity contribution in [1.29, 1.82) is 0 Å². The molecule has 1 N–H and O–H groups in total. The number of aliphatic hydroxyl groups is 1. The van der Waals surface area contributed by atoms with Gasteiger partial charge in [0, 0.05) is 5.02 Å². The third kappa shape index (κ3) is 2.72. The van der Waals surface area contributed by atoms with Crippen molar-refractivity contribution in [2.45, 2.75) is 0 Å². The second kappa shape index (κ2) is 4.84. The van der Waals surface area contributed by atoms with Crippen molar-refractivity contribution in [3.8, 4) is 5.75 Å². The quantitative estimate of drug-likeness (QED) is 0.750. The van der Waals surface area contributed by atoms with Crippen LogP contribution in [0.1, 0.15) is 10.4 Å². The summed E-state index contributed by atoms with van der Waals surface area (Å²) in [4.78, 5) is 10.5. The second-order valence-electron chi connectivity index (χ2n) is 2.37. The van der Waals surface area contributed by atoms with Gasteiger partial charge in [0.2, 0.25) is 0 Å². The lowest BCUT2D eigenvalue weighted by Gasteiger charge is -2.06. The molecule has 0 saturated heterocycles. The second-order valence-corrected chi connectivity index (χ2v) is 2.81. The fraction of sp³-hybridized carbons (Fsp3) is 0.222. The number of carbonyl (C=O) groups is 1. The first kappa shape index (κ1) is 10.0. The van der Waals surface area contributed by atoms with Gasteiger partial charge in [-0.1, -0.05) is 11.6 Å². The van der Waals surface area contributed by atoms with E-state index in [0.717, 1.165) is 0 Å². The van der Waals surface area contributed by atoms with Gasteiger partial charge in [0.05, 0.1) is 12.2 Å². The van der Waals surface area contributed by atoms with Crippen molar-refractivity contribution >= 4 is 17.9 Å². The van der Waals surface area contributed by atoms with Gasteiger partial charge >= 0.3 is 0 Å². The minimum atomic E-state index is -0.0924. The summed E-state index contributed by atoms with van der Waals surface area (Å²) < 4.78 is 5.09. The van der Waals surface area contributed by atoms with E-state index in [1.54, 1.807) is 18.2 Å². The standard InChI is InChI=1S/C9H9ClO3/c10-8-2-1-7(6-12)9(5-8)13-4-3-11/h1-2,5-6,11H,3-4H2. The minimum absolute atomic E-state index is 0.0924. The summed E-state index contributed by atoms with van der Waals surface area (Å²) in [7, 11) is 0. The largest absolute Gasteiger partial charge is 0.490 e. The van der Waals surface area contributed by atoms with Crippen molar-refractivity contribution in [3.63, 3.8) is 0 Å². The Balaban J connectivity index is 2.87. The molecule has 0 fully saturated rings. The van der Waals surface area contributed by atoms with Gasteiger partial charge in [-0.2, -0.15) is 0 Å². The molecule has 1 rings (SSSR count). The third-order valence-electron chi connectivity index (χ3n) is 1.45. The molecule has 0 spiro atoms. The van der Waals surface area contributed by atoms with Crippen molar-refractivity contribution in [1.82, 2.24) is 0 Å². The van der Waals surface area contributed by atoms with Gasteiger partial charge in [-0.25, -0.2) is 0 Å². The first-order chi connectivity index (χ1) is 6.27. The smallest absolute Gasteiger partial charge is 0.153 e. The molecule has 70 valence electrons. The molecule has 3 nitrogen and oxygen atoms in total. The van der Waals surface area contributed by atoms with Crippen LogP contribution in [0.4, 0.5) is 0 Å². The molecular formula is C9H9ClO3. The molecule has 1 aromatic rings. The highest BCUT2D eigenvalue weighted by Crippen LogP contribution is 2.21. The molecule has 0 aliphatic heterocycles. The Morgan fingerprint density at radius 1 is 1.54 bits per heavy atom. The molecule has 0 radical (unpaired) electrons. The van der Waals surface area contributed by atoms with Gasteiger partial charge in [-0.3, -0.25) is 4.79 Å². The topological polar surface area (TPSA) is 46.5 Å². The number of hydrogen-bond donors (Lipinski definition) is 1. The summed E-state index contributed by atoms with van der Waals surface area (Å²) >= 11 is 5.69. The zero-order valence-corrected chi connectivity index (χ0v) is 7.62.